The molecule has 6 aromatic carbocycles. The highest BCUT2D eigenvalue weighted by molar-refractivity contribution is 5.86. The van der Waals surface area contributed by atoms with Crippen molar-refractivity contribution in [2.45, 2.75) is 90.9 Å². The molecule has 0 saturated carbocycles. The summed E-state index contributed by atoms with van der Waals surface area (Å²) >= 11 is 0. The van der Waals surface area contributed by atoms with Gasteiger partial charge in [-0.15, -0.1) is 0 Å². The van der Waals surface area contributed by atoms with Gasteiger partial charge in [0.1, 0.15) is 11.6 Å². The van der Waals surface area contributed by atoms with Crippen molar-refractivity contribution in [2.24, 2.45) is 11.8 Å². The van der Waals surface area contributed by atoms with Gasteiger partial charge in [0, 0.05) is 86.9 Å². The fourth-order valence-corrected chi connectivity index (χ4v) is 10.3. The number of carbonyl (C=O) groups excluding carboxylic acids is 2. The van der Waals surface area contributed by atoms with Crippen molar-refractivity contribution in [3.8, 4) is 22.3 Å². The molecule has 2 heterocycles. The van der Waals surface area contributed by atoms with Crippen LogP contribution < -0.4 is 19.6 Å². The molecule has 2 saturated heterocycles. The fraction of sp³-hybridized carbons (Fsp3) is 0.387. The van der Waals surface area contributed by atoms with Crippen molar-refractivity contribution >= 4 is 34.3 Å². The molecule has 0 aliphatic carbocycles. The number of nitrogens with zero attached hydrogens (tertiary/aromatic N) is 4. The van der Waals surface area contributed by atoms with Crippen molar-refractivity contribution in [1.82, 2.24) is 0 Å². The van der Waals surface area contributed by atoms with Gasteiger partial charge in [0.15, 0.2) is 0 Å². The topological polar surface area (TPSA) is 47.1 Å². The van der Waals surface area contributed by atoms with Crippen molar-refractivity contribution in [3.05, 3.63) is 167 Å². The van der Waals surface area contributed by atoms with Crippen LogP contribution in [0.3, 0.4) is 0 Å². The highest BCUT2D eigenvalue weighted by Crippen LogP contribution is 2.40. The quantitative estimate of drug-likeness (QED) is 0.101. The Labute approximate surface area is 459 Å². The van der Waals surface area contributed by atoms with E-state index in [-0.39, 0.29) is 35.2 Å². The van der Waals surface area contributed by atoms with Crippen molar-refractivity contribution in [2.75, 3.05) is 72.0 Å². The number of anilines is 4. The van der Waals surface area contributed by atoms with Gasteiger partial charge in [0.05, 0.1) is 22.3 Å². The van der Waals surface area contributed by atoms with Gasteiger partial charge in [-0.1, -0.05) is 70.2 Å². The average molecular weight is 1130 g/mol. The molecule has 80 heavy (non-hydrogen) atoms. The predicted molar refractivity (Wildman–Crippen MR) is 291 cm³/mol. The van der Waals surface area contributed by atoms with Gasteiger partial charge in [0.2, 0.25) is 0 Å². The normalized spacial score (nSPS) is 15.4. The van der Waals surface area contributed by atoms with Gasteiger partial charge in [0.25, 0.3) is 0 Å². The summed E-state index contributed by atoms with van der Waals surface area (Å²) in [6.45, 7) is 15.6. The minimum atomic E-state index is -4.44. The second-order valence-electron chi connectivity index (χ2n) is 21.4. The van der Waals surface area contributed by atoms with Gasteiger partial charge in [-0.05, 0) is 163 Å². The minimum Gasteiger partial charge on any atom is -0.368 e. The number of hydrogen-bond donors (Lipinski definition) is 0. The first-order valence-corrected chi connectivity index (χ1v) is 26.4. The van der Waals surface area contributed by atoms with Crippen molar-refractivity contribution in [3.63, 3.8) is 0 Å². The molecule has 2 unspecified atom stereocenters. The Morgan fingerprint density at radius 2 is 0.675 bits per heavy atom. The van der Waals surface area contributed by atoms with E-state index in [2.05, 4.69) is 9.80 Å². The summed E-state index contributed by atoms with van der Waals surface area (Å²) in [4.78, 5) is 33.5. The zero-order chi connectivity index (χ0) is 58.5. The summed E-state index contributed by atoms with van der Waals surface area (Å²) in [5, 5.41) is 0. The van der Waals surface area contributed by atoms with E-state index >= 15 is 0 Å². The highest BCUT2D eigenvalue weighted by Gasteiger charge is 2.34. The maximum absolute atomic E-state index is 13.2. The van der Waals surface area contributed by atoms with E-state index in [4.69, 9.17) is 0 Å². The molecule has 6 aromatic rings. The zero-order valence-electron chi connectivity index (χ0n) is 45.2. The van der Waals surface area contributed by atoms with E-state index in [9.17, 15) is 62.3 Å². The van der Waals surface area contributed by atoms with Crippen LogP contribution in [-0.2, 0) is 34.3 Å². The molecule has 2 atom stereocenters. The molecule has 0 amide bonds. The molecule has 18 heteroatoms. The lowest BCUT2D eigenvalue weighted by Crippen LogP contribution is -2.46. The van der Waals surface area contributed by atoms with Crippen LogP contribution in [0.4, 0.5) is 75.4 Å². The predicted octanol–water partition coefficient (Wildman–Crippen LogP) is 16.9. The molecule has 0 radical (unpaired) electrons. The molecule has 8 rings (SSSR count). The molecule has 0 spiro atoms. The van der Waals surface area contributed by atoms with E-state index in [1.165, 1.54) is 42.5 Å². The summed E-state index contributed by atoms with van der Waals surface area (Å²) in [6, 6.07) is 31.9. The summed E-state index contributed by atoms with van der Waals surface area (Å²) in [5.74, 6) is -0.154. The number of carbonyl (C=O) groups is 2. The number of ketones is 2. The first-order chi connectivity index (χ1) is 37.4. The molecule has 428 valence electrons. The first kappa shape index (κ1) is 60.7. The number of alkyl halides is 12. The van der Waals surface area contributed by atoms with Gasteiger partial charge in [-0.3, -0.25) is 9.59 Å². The molecular weight excluding hydrogens is 1060 g/mol. The number of Topliss-reactive ketones (excluding diaryl/α,β-unsaturated/α-hetero) is 2. The molecule has 2 fully saturated rings. The highest BCUT2D eigenvalue weighted by atomic mass is 19.4. The second kappa shape index (κ2) is 24.8. The van der Waals surface area contributed by atoms with Gasteiger partial charge in [-0.2, -0.15) is 52.7 Å². The lowest BCUT2D eigenvalue weighted by atomic mass is 9.85. The Bertz CT molecular complexity index is 3040. The molecule has 0 N–H and O–H groups in total. The smallest absolute Gasteiger partial charge is 0.368 e. The van der Waals surface area contributed by atoms with Gasteiger partial charge < -0.3 is 19.6 Å². The summed E-state index contributed by atoms with van der Waals surface area (Å²) < 4.78 is 157. The Morgan fingerprint density at radius 3 is 0.988 bits per heavy atom. The Balaban J connectivity index is 0.000000231. The van der Waals surface area contributed by atoms with Crippen LogP contribution in [0.2, 0.25) is 0 Å². The van der Waals surface area contributed by atoms with Gasteiger partial charge in [-0.25, -0.2) is 0 Å². The third-order valence-electron chi connectivity index (χ3n) is 14.6. The third kappa shape index (κ3) is 15.7. The molecule has 0 bridgehead atoms. The summed E-state index contributed by atoms with van der Waals surface area (Å²) in [6.07, 6.45) is -16.4. The molecule has 6 nitrogen and oxygen atoms in total. The third-order valence-corrected chi connectivity index (χ3v) is 14.6. The van der Waals surface area contributed by atoms with Crippen LogP contribution in [0.5, 0.6) is 0 Å². The van der Waals surface area contributed by atoms with Crippen LogP contribution in [0.25, 0.3) is 22.3 Å². The molecule has 2 aliphatic heterocycles. The zero-order valence-corrected chi connectivity index (χ0v) is 45.2. The Kier molecular flexibility index (Phi) is 18.8. The number of halogens is 12. The number of piperazine rings is 2. The van der Waals surface area contributed by atoms with Crippen LogP contribution in [-0.4, -0.2) is 63.9 Å². The average Bonchev–Trinajstić information content (AvgIpc) is 3.42. The number of rotatable bonds is 14. The molecular formula is C62H64F12N4O2. The second-order valence-corrected chi connectivity index (χ2v) is 21.4. The Hall–Kier alpha value is -6.98. The van der Waals surface area contributed by atoms with Crippen LogP contribution in [0.15, 0.2) is 133 Å². The number of hydrogen-bond acceptors (Lipinski definition) is 6. The van der Waals surface area contributed by atoms with Crippen LogP contribution in [0.1, 0.15) is 99.6 Å². The monoisotopic (exact) mass is 1120 g/mol. The maximum Gasteiger partial charge on any atom is 0.416 e. The fourth-order valence-electron chi connectivity index (χ4n) is 10.3. The van der Waals surface area contributed by atoms with E-state index in [0.717, 1.165) is 76.6 Å². The molecule has 0 aromatic heterocycles. The Morgan fingerprint density at radius 1 is 0.362 bits per heavy atom. The standard InChI is InChI=1S/2C31H32F6N2O/c1-20(2)16-29(21(3)40)24-17-23(22-4-6-25(7-5-22)30(32,33)34)18-28(19-24)39-14-12-38(13-15-39)27-10-8-26(9-11-27)31(35,36)37;1-20(2)15-29(21(3)40)24-16-23(22-7-9-25(10-8-22)30(32,33)34)17-28(18-24)39-13-11-38(12-14-39)27-6-4-5-26(19-27)31(35,36)37/h4-11,17-20,29H,12-16H2,1-3H3;4-10,16-20,29H,11-15H2,1-3H3. The summed E-state index contributed by atoms with van der Waals surface area (Å²) in [5.41, 5.74) is 4.31. The number of benzene rings is 6. The van der Waals surface area contributed by atoms with Crippen molar-refractivity contribution in [1.29, 1.82) is 0 Å². The van der Waals surface area contributed by atoms with Crippen molar-refractivity contribution < 1.29 is 62.3 Å². The largest absolute Gasteiger partial charge is 0.416 e. The SMILES string of the molecule is CC(=O)C(CC(C)C)c1cc(-c2ccc(C(F)(F)F)cc2)cc(N2CCN(c3ccc(C(F)(F)F)cc3)CC2)c1.CC(=O)C(CC(C)C)c1cc(-c2ccc(C(F)(F)F)cc2)cc(N2CCN(c3cccc(C(F)(F)F)c3)CC2)c1. The molecule has 2 aliphatic rings. The lowest BCUT2D eigenvalue weighted by Gasteiger charge is -2.38. The lowest BCUT2D eigenvalue weighted by molar-refractivity contribution is -0.138. The van der Waals surface area contributed by atoms with E-state index in [1.54, 1.807) is 19.9 Å². The van der Waals surface area contributed by atoms with E-state index in [0.29, 0.717) is 93.3 Å². The minimum absolute atomic E-state index is 0.0126. The van der Waals surface area contributed by atoms with Crippen LogP contribution >= 0.6 is 0 Å². The van der Waals surface area contributed by atoms with E-state index < -0.39 is 47.0 Å². The summed E-state index contributed by atoms with van der Waals surface area (Å²) in [7, 11) is 0. The van der Waals surface area contributed by atoms with E-state index in [1.807, 2.05) is 73.9 Å². The van der Waals surface area contributed by atoms with Gasteiger partial charge >= 0.3 is 24.7 Å². The maximum atomic E-state index is 13.2. The first-order valence-electron chi connectivity index (χ1n) is 26.4. The van der Waals surface area contributed by atoms with Crippen LogP contribution in [0, 0.1) is 11.8 Å².